The summed E-state index contributed by atoms with van der Waals surface area (Å²) in [5, 5.41) is 0. The molecule has 0 spiro atoms. The molecule has 0 saturated carbocycles. The number of nitrogens with two attached hydrogens (primary N) is 1. The lowest BCUT2D eigenvalue weighted by molar-refractivity contribution is 0.387. The Hall–Kier alpha value is -1.46. The summed E-state index contributed by atoms with van der Waals surface area (Å²) in [5.41, 5.74) is 8.51. The zero-order chi connectivity index (χ0) is 13.2. The van der Waals surface area contributed by atoms with E-state index < -0.39 is 0 Å². The van der Waals surface area contributed by atoms with Crippen molar-refractivity contribution >= 4 is 11.3 Å². The molecule has 19 heavy (non-hydrogen) atoms. The van der Waals surface area contributed by atoms with Crippen molar-refractivity contribution in [3.8, 4) is 5.88 Å². The third-order valence-corrected chi connectivity index (χ3v) is 4.82. The second-order valence-corrected chi connectivity index (χ2v) is 5.90. The van der Waals surface area contributed by atoms with Crippen LogP contribution in [0, 0.1) is 0 Å². The van der Waals surface area contributed by atoms with Crippen LogP contribution in [-0.4, -0.2) is 17.1 Å². The normalized spacial score (nSPS) is 15.9. The molecule has 3 rings (SSSR count). The topological polar surface area (TPSA) is 61.0 Å². The Morgan fingerprint density at radius 3 is 2.84 bits per heavy atom. The predicted molar refractivity (Wildman–Crippen MR) is 75.6 cm³/mol. The largest absolute Gasteiger partial charge is 0.480 e. The number of thiophene rings is 1. The molecule has 2 aromatic rings. The van der Waals surface area contributed by atoms with Crippen LogP contribution < -0.4 is 10.5 Å². The van der Waals surface area contributed by atoms with Gasteiger partial charge < -0.3 is 10.5 Å². The standard InChI is InChI=1S/C14H17N3OS/c1-18-14-13(16-6-7-17-14)12(15)11-8-9-4-2-3-5-10(9)19-11/h6-8,12H,2-5,15H2,1H3. The summed E-state index contributed by atoms with van der Waals surface area (Å²) in [7, 11) is 1.60. The van der Waals surface area contributed by atoms with E-state index in [1.54, 1.807) is 19.5 Å². The lowest BCUT2D eigenvalue weighted by Gasteiger charge is -2.11. The third kappa shape index (κ3) is 2.35. The first-order valence-electron chi connectivity index (χ1n) is 6.51. The number of aryl methyl sites for hydroxylation is 2. The first-order valence-corrected chi connectivity index (χ1v) is 7.33. The summed E-state index contributed by atoms with van der Waals surface area (Å²) in [4.78, 5) is 11.1. The Kier molecular flexibility index (Phi) is 3.48. The number of rotatable bonds is 3. The molecular weight excluding hydrogens is 258 g/mol. The number of fused-ring (bicyclic) bond motifs is 1. The average molecular weight is 275 g/mol. The first-order chi connectivity index (χ1) is 9.29. The van der Waals surface area contributed by atoms with Gasteiger partial charge in [0.1, 0.15) is 5.69 Å². The minimum absolute atomic E-state index is 0.251. The fourth-order valence-corrected chi connectivity index (χ4v) is 3.77. The van der Waals surface area contributed by atoms with Crippen LogP contribution in [0.5, 0.6) is 5.88 Å². The molecule has 1 atom stereocenters. The van der Waals surface area contributed by atoms with Crippen LogP contribution in [0.4, 0.5) is 0 Å². The molecule has 4 nitrogen and oxygen atoms in total. The number of hydrogen-bond acceptors (Lipinski definition) is 5. The molecule has 1 unspecified atom stereocenters. The molecule has 0 saturated heterocycles. The van der Waals surface area contributed by atoms with Crippen LogP contribution in [0.25, 0.3) is 0 Å². The maximum Gasteiger partial charge on any atom is 0.237 e. The highest BCUT2D eigenvalue weighted by Crippen LogP contribution is 2.35. The van der Waals surface area contributed by atoms with Crippen molar-refractivity contribution in [2.75, 3.05) is 7.11 Å². The van der Waals surface area contributed by atoms with Crippen LogP contribution in [0.15, 0.2) is 18.5 Å². The minimum atomic E-state index is -0.251. The number of hydrogen-bond donors (Lipinski definition) is 1. The summed E-state index contributed by atoms with van der Waals surface area (Å²) < 4.78 is 5.24. The molecule has 0 radical (unpaired) electrons. The zero-order valence-corrected chi connectivity index (χ0v) is 11.7. The molecule has 2 aromatic heterocycles. The summed E-state index contributed by atoms with van der Waals surface area (Å²) in [6.07, 6.45) is 8.21. The Morgan fingerprint density at radius 1 is 1.26 bits per heavy atom. The molecule has 2 heterocycles. The predicted octanol–water partition coefficient (Wildman–Crippen LogP) is 2.47. The molecule has 2 N–H and O–H groups in total. The Bertz CT molecular complexity index is 558. The summed E-state index contributed by atoms with van der Waals surface area (Å²) in [5.74, 6) is 0.515. The molecule has 1 aliphatic rings. The quantitative estimate of drug-likeness (QED) is 0.934. The second-order valence-electron chi connectivity index (χ2n) is 4.73. The molecule has 0 aromatic carbocycles. The number of nitrogens with zero attached hydrogens (tertiary/aromatic N) is 2. The van der Waals surface area contributed by atoms with Gasteiger partial charge >= 0.3 is 0 Å². The fourth-order valence-electron chi connectivity index (χ4n) is 2.51. The van der Waals surface area contributed by atoms with E-state index >= 15 is 0 Å². The van der Waals surface area contributed by atoms with Gasteiger partial charge in [-0.05, 0) is 37.3 Å². The number of aromatic nitrogens is 2. The molecule has 0 bridgehead atoms. The van der Waals surface area contributed by atoms with Gasteiger partial charge in [-0.3, -0.25) is 4.98 Å². The highest BCUT2D eigenvalue weighted by Gasteiger charge is 2.21. The number of methoxy groups -OCH3 is 1. The molecule has 5 heteroatoms. The van der Waals surface area contributed by atoms with Gasteiger partial charge in [0.15, 0.2) is 0 Å². The van der Waals surface area contributed by atoms with Crippen molar-refractivity contribution in [2.45, 2.75) is 31.7 Å². The summed E-state index contributed by atoms with van der Waals surface area (Å²) >= 11 is 1.81. The fraction of sp³-hybridized carbons (Fsp3) is 0.429. The van der Waals surface area contributed by atoms with E-state index in [1.165, 1.54) is 36.1 Å². The minimum Gasteiger partial charge on any atom is -0.480 e. The summed E-state index contributed by atoms with van der Waals surface area (Å²) in [6, 6.07) is 1.98. The van der Waals surface area contributed by atoms with Crippen molar-refractivity contribution in [3.05, 3.63) is 39.5 Å². The van der Waals surface area contributed by atoms with E-state index in [1.807, 2.05) is 11.3 Å². The smallest absolute Gasteiger partial charge is 0.237 e. The van der Waals surface area contributed by atoms with E-state index in [9.17, 15) is 0 Å². The van der Waals surface area contributed by atoms with Crippen molar-refractivity contribution in [1.82, 2.24) is 9.97 Å². The van der Waals surface area contributed by atoms with Crippen molar-refractivity contribution in [2.24, 2.45) is 5.73 Å². The van der Waals surface area contributed by atoms with E-state index in [0.717, 1.165) is 4.88 Å². The monoisotopic (exact) mass is 275 g/mol. The number of ether oxygens (including phenoxy) is 1. The lowest BCUT2D eigenvalue weighted by atomic mass is 9.98. The average Bonchev–Trinajstić information content (AvgIpc) is 2.90. The van der Waals surface area contributed by atoms with Gasteiger partial charge in [-0.2, -0.15) is 0 Å². The van der Waals surface area contributed by atoms with Crippen molar-refractivity contribution in [1.29, 1.82) is 0 Å². The maximum absolute atomic E-state index is 6.33. The van der Waals surface area contributed by atoms with Crippen LogP contribution in [0.3, 0.4) is 0 Å². The van der Waals surface area contributed by atoms with Gasteiger partial charge in [-0.1, -0.05) is 0 Å². The van der Waals surface area contributed by atoms with E-state index in [2.05, 4.69) is 16.0 Å². The highest BCUT2D eigenvalue weighted by molar-refractivity contribution is 7.12. The first kappa shape index (κ1) is 12.6. The lowest BCUT2D eigenvalue weighted by Crippen LogP contribution is -2.14. The van der Waals surface area contributed by atoms with E-state index in [-0.39, 0.29) is 6.04 Å². The zero-order valence-electron chi connectivity index (χ0n) is 10.9. The van der Waals surface area contributed by atoms with E-state index in [0.29, 0.717) is 11.6 Å². The van der Waals surface area contributed by atoms with Gasteiger partial charge in [-0.15, -0.1) is 11.3 Å². The maximum atomic E-state index is 6.33. The Balaban J connectivity index is 1.95. The Morgan fingerprint density at radius 2 is 2.05 bits per heavy atom. The molecular formula is C14H17N3OS. The van der Waals surface area contributed by atoms with Crippen LogP contribution in [0.1, 0.15) is 39.9 Å². The second kappa shape index (κ2) is 5.27. The molecule has 0 fully saturated rings. The van der Waals surface area contributed by atoms with Crippen LogP contribution in [-0.2, 0) is 12.8 Å². The van der Waals surface area contributed by atoms with E-state index in [4.69, 9.17) is 10.5 Å². The van der Waals surface area contributed by atoms with Gasteiger partial charge in [0.05, 0.1) is 13.2 Å². The molecule has 1 aliphatic carbocycles. The molecule has 0 aliphatic heterocycles. The van der Waals surface area contributed by atoms with Crippen LogP contribution >= 0.6 is 11.3 Å². The van der Waals surface area contributed by atoms with Gasteiger partial charge in [0.2, 0.25) is 5.88 Å². The van der Waals surface area contributed by atoms with Crippen molar-refractivity contribution < 1.29 is 4.74 Å². The third-order valence-electron chi connectivity index (χ3n) is 3.50. The molecule has 0 amide bonds. The van der Waals surface area contributed by atoms with Gasteiger partial charge in [0.25, 0.3) is 0 Å². The van der Waals surface area contributed by atoms with Gasteiger partial charge in [0, 0.05) is 22.1 Å². The van der Waals surface area contributed by atoms with Crippen LogP contribution in [0.2, 0.25) is 0 Å². The Labute approximate surface area is 116 Å². The van der Waals surface area contributed by atoms with Crippen molar-refractivity contribution in [3.63, 3.8) is 0 Å². The SMILES string of the molecule is COc1nccnc1C(N)c1cc2c(s1)CCCC2. The summed E-state index contributed by atoms with van der Waals surface area (Å²) in [6.45, 7) is 0. The van der Waals surface area contributed by atoms with Gasteiger partial charge in [-0.25, -0.2) is 4.98 Å². The highest BCUT2D eigenvalue weighted by atomic mass is 32.1. The molecule has 100 valence electrons.